The molecule has 0 bridgehead atoms. The first kappa shape index (κ1) is 17.5. The molecule has 1 unspecified atom stereocenters. The normalized spacial score (nSPS) is 12.4. The van der Waals surface area contributed by atoms with Gasteiger partial charge in [0.2, 0.25) is 0 Å². The lowest BCUT2D eigenvalue weighted by Crippen LogP contribution is -2.12. The number of nitrogens with zero attached hydrogens (tertiary/aromatic N) is 3. The zero-order valence-electron chi connectivity index (χ0n) is 15.4. The van der Waals surface area contributed by atoms with Crippen LogP contribution in [0.5, 0.6) is 5.75 Å². The molecule has 0 aliphatic carbocycles. The van der Waals surface area contributed by atoms with Crippen LogP contribution < -0.4 is 10.1 Å². The van der Waals surface area contributed by atoms with Gasteiger partial charge in [-0.05, 0) is 49.1 Å². The monoisotopic (exact) mass is 380 g/mol. The quantitative estimate of drug-likeness (QED) is 0.536. The van der Waals surface area contributed by atoms with Crippen molar-refractivity contribution >= 4 is 45.0 Å². The molecule has 6 nitrogen and oxygen atoms in total. The third-order valence-corrected chi connectivity index (χ3v) is 5.54. The smallest absolute Gasteiger partial charge is 0.266 e. The third-order valence-electron chi connectivity index (χ3n) is 4.67. The molecule has 138 valence electrons. The minimum Gasteiger partial charge on any atom is -0.497 e. The Morgan fingerprint density at radius 2 is 2.19 bits per heavy atom. The predicted octanol–water partition coefficient (Wildman–Crippen LogP) is 4.88. The largest absolute Gasteiger partial charge is 0.497 e. The SMILES string of the molecule is CCC(C)n1nc(NC(=O)c2cccs2)c2cc3cc(OC)ccc3nc21. The van der Waals surface area contributed by atoms with Crippen LogP contribution in [0.1, 0.15) is 36.0 Å². The Hall–Kier alpha value is -2.93. The van der Waals surface area contributed by atoms with Gasteiger partial charge in [0.05, 0.1) is 28.9 Å². The van der Waals surface area contributed by atoms with Crippen LogP contribution in [0.4, 0.5) is 5.82 Å². The van der Waals surface area contributed by atoms with E-state index >= 15 is 0 Å². The number of hydrogen-bond acceptors (Lipinski definition) is 5. The van der Waals surface area contributed by atoms with Crippen LogP contribution in [0.15, 0.2) is 41.8 Å². The molecule has 7 heteroatoms. The number of pyridine rings is 1. The van der Waals surface area contributed by atoms with Crippen molar-refractivity contribution in [3.63, 3.8) is 0 Å². The number of aromatic nitrogens is 3. The number of rotatable bonds is 5. The fourth-order valence-electron chi connectivity index (χ4n) is 2.98. The topological polar surface area (TPSA) is 69.0 Å². The molecule has 1 amide bonds. The molecule has 4 aromatic rings. The summed E-state index contributed by atoms with van der Waals surface area (Å²) < 4.78 is 7.21. The van der Waals surface area contributed by atoms with Crippen molar-refractivity contribution in [2.75, 3.05) is 12.4 Å². The number of hydrogen-bond donors (Lipinski definition) is 1. The summed E-state index contributed by atoms with van der Waals surface area (Å²) in [6.07, 6.45) is 0.914. The summed E-state index contributed by atoms with van der Waals surface area (Å²) in [5.74, 6) is 1.13. The molecule has 0 fully saturated rings. The summed E-state index contributed by atoms with van der Waals surface area (Å²) in [5, 5.41) is 11.3. The van der Waals surface area contributed by atoms with Crippen molar-refractivity contribution in [1.29, 1.82) is 0 Å². The van der Waals surface area contributed by atoms with E-state index in [9.17, 15) is 4.79 Å². The molecular weight excluding hydrogens is 360 g/mol. The number of thiophene rings is 1. The second-order valence-electron chi connectivity index (χ2n) is 6.40. The van der Waals surface area contributed by atoms with Crippen molar-refractivity contribution in [2.45, 2.75) is 26.3 Å². The van der Waals surface area contributed by atoms with Crippen LogP contribution >= 0.6 is 11.3 Å². The molecule has 0 aliphatic heterocycles. The Morgan fingerprint density at radius 3 is 2.89 bits per heavy atom. The third kappa shape index (κ3) is 3.14. The summed E-state index contributed by atoms with van der Waals surface area (Å²) in [6.45, 7) is 4.20. The van der Waals surface area contributed by atoms with Crippen LogP contribution in [-0.4, -0.2) is 27.8 Å². The molecular formula is C20H20N4O2S. The second-order valence-corrected chi connectivity index (χ2v) is 7.35. The van der Waals surface area contributed by atoms with Crippen LogP contribution in [0.3, 0.4) is 0 Å². The van der Waals surface area contributed by atoms with Crippen molar-refractivity contribution in [3.8, 4) is 5.75 Å². The van der Waals surface area contributed by atoms with Crippen LogP contribution in [0.25, 0.3) is 21.9 Å². The highest BCUT2D eigenvalue weighted by molar-refractivity contribution is 7.12. The van der Waals surface area contributed by atoms with Gasteiger partial charge < -0.3 is 10.1 Å². The van der Waals surface area contributed by atoms with Gasteiger partial charge >= 0.3 is 0 Å². The van der Waals surface area contributed by atoms with Crippen LogP contribution in [-0.2, 0) is 0 Å². The highest BCUT2D eigenvalue weighted by Gasteiger charge is 2.19. The highest BCUT2D eigenvalue weighted by Crippen LogP contribution is 2.30. The minimum atomic E-state index is -0.161. The van der Waals surface area contributed by atoms with E-state index in [1.165, 1.54) is 11.3 Å². The average Bonchev–Trinajstić information content (AvgIpc) is 3.34. The molecule has 1 aromatic carbocycles. The maximum absolute atomic E-state index is 12.5. The Morgan fingerprint density at radius 1 is 1.33 bits per heavy atom. The lowest BCUT2D eigenvalue weighted by molar-refractivity contribution is 0.103. The molecule has 0 spiro atoms. The molecule has 3 aromatic heterocycles. The Bertz CT molecular complexity index is 1120. The first-order chi connectivity index (χ1) is 13.1. The van der Waals surface area contributed by atoms with Gasteiger partial charge in [-0.15, -0.1) is 11.3 Å². The number of benzene rings is 1. The number of carbonyl (C=O) groups is 1. The standard InChI is InChI=1S/C20H20N4O2S/c1-4-12(2)24-19-15(11-13-10-14(26-3)7-8-16(13)21-19)18(23-24)22-20(25)17-6-5-9-27-17/h5-12H,4H2,1-3H3,(H,22,23,25). The number of ether oxygens (including phenoxy) is 1. The molecule has 0 saturated carbocycles. The number of carbonyl (C=O) groups excluding carboxylic acids is 1. The molecule has 4 rings (SSSR count). The lowest BCUT2D eigenvalue weighted by atomic mass is 10.1. The zero-order chi connectivity index (χ0) is 19.0. The van der Waals surface area contributed by atoms with E-state index in [4.69, 9.17) is 9.72 Å². The highest BCUT2D eigenvalue weighted by atomic mass is 32.1. The van der Waals surface area contributed by atoms with Crippen molar-refractivity contribution in [3.05, 3.63) is 46.7 Å². The predicted molar refractivity (Wildman–Crippen MR) is 109 cm³/mol. The summed E-state index contributed by atoms with van der Waals surface area (Å²) in [6, 6.07) is 11.6. The fraction of sp³-hybridized carbons (Fsp3) is 0.250. The molecule has 0 radical (unpaired) electrons. The maximum Gasteiger partial charge on any atom is 0.266 e. The molecule has 0 aliphatic rings. The summed E-state index contributed by atoms with van der Waals surface area (Å²) in [4.78, 5) is 18.0. The van der Waals surface area contributed by atoms with Crippen molar-refractivity contribution in [2.24, 2.45) is 0 Å². The first-order valence-corrected chi connectivity index (χ1v) is 9.70. The van der Waals surface area contributed by atoms with Gasteiger partial charge in [-0.1, -0.05) is 13.0 Å². The van der Waals surface area contributed by atoms with E-state index in [1.54, 1.807) is 13.2 Å². The van der Waals surface area contributed by atoms with Gasteiger partial charge in [0, 0.05) is 5.39 Å². The Balaban J connectivity index is 1.88. The maximum atomic E-state index is 12.5. The number of methoxy groups -OCH3 is 1. The van der Waals surface area contributed by atoms with E-state index in [-0.39, 0.29) is 11.9 Å². The molecule has 27 heavy (non-hydrogen) atoms. The lowest BCUT2D eigenvalue weighted by Gasteiger charge is -2.10. The minimum absolute atomic E-state index is 0.161. The van der Waals surface area contributed by atoms with Gasteiger partial charge in [-0.3, -0.25) is 4.79 Å². The Labute approximate surface area is 160 Å². The number of anilines is 1. The van der Waals surface area contributed by atoms with E-state index in [0.29, 0.717) is 10.7 Å². The summed E-state index contributed by atoms with van der Waals surface area (Å²) in [5.41, 5.74) is 1.63. The average molecular weight is 380 g/mol. The van der Waals surface area contributed by atoms with E-state index < -0.39 is 0 Å². The fourth-order valence-corrected chi connectivity index (χ4v) is 3.60. The van der Waals surface area contributed by atoms with Gasteiger partial charge in [0.25, 0.3) is 5.91 Å². The van der Waals surface area contributed by atoms with Gasteiger partial charge in [0.1, 0.15) is 5.75 Å². The molecule has 1 atom stereocenters. The summed E-state index contributed by atoms with van der Waals surface area (Å²) in [7, 11) is 1.64. The number of nitrogens with one attached hydrogen (secondary N) is 1. The number of amides is 1. The zero-order valence-corrected chi connectivity index (χ0v) is 16.2. The van der Waals surface area contributed by atoms with E-state index in [0.717, 1.165) is 34.1 Å². The molecule has 0 saturated heterocycles. The van der Waals surface area contributed by atoms with Crippen LogP contribution in [0.2, 0.25) is 0 Å². The van der Waals surface area contributed by atoms with Crippen LogP contribution in [0, 0.1) is 0 Å². The van der Waals surface area contributed by atoms with Gasteiger partial charge in [0.15, 0.2) is 11.5 Å². The van der Waals surface area contributed by atoms with Gasteiger partial charge in [-0.2, -0.15) is 5.10 Å². The summed E-state index contributed by atoms with van der Waals surface area (Å²) >= 11 is 1.40. The van der Waals surface area contributed by atoms with E-state index in [1.807, 2.05) is 40.4 Å². The second kappa shape index (κ2) is 7.00. The van der Waals surface area contributed by atoms with Gasteiger partial charge in [-0.25, -0.2) is 9.67 Å². The first-order valence-electron chi connectivity index (χ1n) is 8.82. The molecule has 1 N–H and O–H groups in total. The van der Waals surface area contributed by atoms with Crippen molar-refractivity contribution in [1.82, 2.24) is 14.8 Å². The molecule has 3 heterocycles. The number of fused-ring (bicyclic) bond motifs is 2. The van der Waals surface area contributed by atoms with Crippen molar-refractivity contribution < 1.29 is 9.53 Å². The van der Waals surface area contributed by atoms with E-state index in [2.05, 4.69) is 24.3 Å². The Kier molecular flexibility index (Phi) is 4.53.